The molecule has 2 atom stereocenters. The minimum absolute atomic E-state index is 0.477. The molecule has 0 amide bonds. The number of nitrogens with zero attached hydrogens (tertiary/aromatic N) is 1. The highest BCUT2D eigenvalue weighted by Gasteiger charge is 2.35. The van der Waals surface area contributed by atoms with Gasteiger partial charge < -0.3 is 4.90 Å². The molecule has 5 rings (SSSR count). The normalized spacial score (nSPS) is 20.0. The summed E-state index contributed by atoms with van der Waals surface area (Å²) in [5.41, 5.74) is 6.62. The average molecular weight is 368 g/mol. The van der Waals surface area contributed by atoms with Crippen molar-refractivity contribution in [3.05, 3.63) is 108 Å². The van der Waals surface area contributed by atoms with E-state index in [4.69, 9.17) is 0 Å². The zero-order valence-corrected chi connectivity index (χ0v) is 16.1. The first kappa shape index (κ1) is 16.5. The van der Waals surface area contributed by atoms with Crippen LogP contribution >= 0.6 is 11.8 Å². The van der Waals surface area contributed by atoms with Gasteiger partial charge in [-0.1, -0.05) is 66.8 Å². The van der Waals surface area contributed by atoms with E-state index < -0.39 is 0 Å². The highest BCUT2D eigenvalue weighted by Crippen LogP contribution is 2.52. The van der Waals surface area contributed by atoms with Crippen molar-refractivity contribution in [3.8, 4) is 0 Å². The fourth-order valence-corrected chi connectivity index (χ4v) is 5.51. The van der Waals surface area contributed by atoms with Crippen LogP contribution in [-0.2, 0) is 0 Å². The smallest absolute Gasteiger partial charge is 0.0454 e. The van der Waals surface area contributed by atoms with Gasteiger partial charge in [0.15, 0.2) is 0 Å². The van der Waals surface area contributed by atoms with E-state index in [1.54, 1.807) is 0 Å². The molecule has 1 heterocycles. The predicted octanol–water partition coefficient (Wildman–Crippen LogP) is 6.67. The topological polar surface area (TPSA) is 3.24 Å². The molecular formula is C25H21NS. The van der Waals surface area contributed by atoms with E-state index in [0.717, 1.165) is 0 Å². The highest BCUT2D eigenvalue weighted by atomic mass is 32.2. The van der Waals surface area contributed by atoms with Crippen LogP contribution in [0.1, 0.15) is 17.0 Å². The lowest BCUT2D eigenvalue weighted by Gasteiger charge is -2.24. The molecule has 0 saturated carbocycles. The van der Waals surface area contributed by atoms with Crippen LogP contribution in [-0.4, -0.2) is 12.3 Å². The monoisotopic (exact) mass is 367 g/mol. The second-order valence-electron chi connectivity index (χ2n) is 7.05. The maximum Gasteiger partial charge on any atom is 0.0454 e. The summed E-state index contributed by atoms with van der Waals surface area (Å²) >= 11 is 2.00. The van der Waals surface area contributed by atoms with Crippen LogP contribution < -0.4 is 4.90 Å². The first-order chi connectivity index (χ1) is 13.3. The third-order valence-electron chi connectivity index (χ3n) is 5.49. The van der Waals surface area contributed by atoms with Gasteiger partial charge >= 0.3 is 0 Å². The van der Waals surface area contributed by atoms with Gasteiger partial charge in [0.25, 0.3) is 0 Å². The fraction of sp³-hybridized carbons (Fsp3) is 0.120. The zero-order valence-electron chi connectivity index (χ0n) is 15.2. The van der Waals surface area contributed by atoms with Gasteiger partial charge in [-0.2, -0.15) is 0 Å². The van der Waals surface area contributed by atoms with Gasteiger partial charge in [0, 0.05) is 34.5 Å². The molecule has 2 aliphatic rings. The molecule has 3 aromatic rings. The quantitative estimate of drug-likeness (QED) is 0.509. The van der Waals surface area contributed by atoms with Crippen molar-refractivity contribution >= 4 is 28.7 Å². The molecule has 1 aliphatic heterocycles. The lowest BCUT2D eigenvalue weighted by atomic mass is 9.85. The number of para-hydroxylation sites is 1. The van der Waals surface area contributed by atoms with E-state index in [0.29, 0.717) is 11.2 Å². The van der Waals surface area contributed by atoms with E-state index in [1.165, 1.54) is 33.0 Å². The van der Waals surface area contributed by atoms with E-state index in [1.807, 2.05) is 11.8 Å². The molecule has 2 heteroatoms. The number of anilines is 2. The number of hydrogen-bond donors (Lipinski definition) is 0. The molecule has 2 unspecified atom stereocenters. The number of hydrogen-bond acceptors (Lipinski definition) is 2. The van der Waals surface area contributed by atoms with Crippen LogP contribution in [0.2, 0.25) is 0 Å². The molecule has 132 valence electrons. The number of rotatable bonds is 3. The third-order valence-corrected chi connectivity index (χ3v) is 6.92. The third kappa shape index (κ3) is 2.90. The summed E-state index contributed by atoms with van der Waals surface area (Å²) in [6.45, 7) is 0. The fourth-order valence-electron chi connectivity index (χ4n) is 4.01. The Kier molecular flexibility index (Phi) is 4.14. The van der Waals surface area contributed by atoms with Crippen LogP contribution in [0.25, 0.3) is 5.57 Å². The van der Waals surface area contributed by atoms with Crippen LogP contribution in [0.4, 0.5) is 11.4 Å². The predicted molar refractivity (Wildman–Crippen MR) is 117 cm³/mol. The van der Waals surface area contributed by atoms with Crippen molar-refractivity contribution in [2.75, 3.05) is 11.9 Å². The Bertz CT molecular complexity index is 1020. The lowest BCUT2D eigenvalue weighted by molar-refractivity contribution is 0.893. The summed E-state index contributed by atoms with van der Waals surface area (Å²) in [5.74, 6) is 0.484. The van der Waals surface area contributed by atoms with E-state index in [-0.39, 0.29) is 0 Å². The molecule has 0 aromatic heterocycles. The maximum atomic E-state index is 2.35. The Morgan fingerprint density at radius 3 is 2.30 bits per heavy atom. The summed E-state index contributed by atoms with van der Waals surface area (Å²) in [7, 11) is 2.12. The molecule has 1 nitrogen and oxygen atoms in total. The minimum Gasteiger partial charge on any atom is -0.345 e. The minimum atomic E-state index is 0.477. The number of benzene rings is 3. The number of allylic oxidation sites excluding steroid dienone is 3. The van der Waals surface area contributed by atoms with E-state index in [2.05, 4.69) is 109 Å². The molecule has 0 spiro atoms. The molecule has 0 radical (unpaired) electrons. The average Bonchev–Trinajstić information content (AvgIpc) is 3.13. The molecule has 0 N–H and O–H groups in total. The Labute approximate surface area is 165 Å². The summed E-state index contributed by atoms with van der Waals surface area (Å²) < 4.78 is 0. The van der Waals surface area contributed by atoms with Crippen molar-refractivity contribution in [1.82, 2.24) is 0 Å². The van der Waals surface area contributed by atoms with Crippen LogP contribution in [0.5, 0.6) is 0 Å². The lowest BCUT2D eigenvalue weighted by Crippen LogP contribution is -2.13. The maximum absolute atomic E-state index is 2.35. The van der Waals surface area contributed by atoms with Gasteiger partial charge in [0.05, 0.1) is 0 Å². The summed E-state index contributed by atoms with van der Waals surface area (Å²) in [6, 6.07) is 28.3. The molecule has 3 aromatic carbocycles. The standard InChI is InChI=1S/C25H21NS/c1-26(19-8-3-2-4-9-19)20-16-14-18(15-17-20)21-11-7-12-23-22-10-5-6-13-24(22)27-25(21)23/h2-17,23,25H,1H3. The van der Waals surface area contributed by atoms with Crippen molar-refractivity contribution in [3.63, 3.8) is 0 Å². The Hall–Kier alpha value is -2.71. The largest absolute Gasteiger partial charge is 0.345 e. The molecule has 27 heavy (non-hydrogen) atoms. The van der Waals surface area contributed by atoms with E-state index >= 15 is 0 Å². The molecular weight excluding hydrogens is 346 g/mol. The van der Waals surface area contributed by atoms with Gasteiger partial charge in [-0.3, -0.25) is 0 Å². The van der Waals surface area contributed by atoms with Gasteiger partial charge in [0.1, 0.15) is 0 Å². The summed E-state index contributed by atoms with van der Waals surface area (Å²) in [6.07, 6.45) is 6.86. The zero-order chi connectivity index (χ0) is 18.2. The van der Waals surface area contributed by atoms with Crippen LogP contribution in [0.15, 0.2) is 102 Å². The van der Waals surface area contributed by atoms with Crippen LogP contribution in [0.3, 0.4) is 0 Å². The van der Waals surface area contributed by atoms with Gasteiger partial charge in [-0.05, 0) is 47.0 Å². The molecule has 1 aliphatic carbocycles. The summed E-state index contributed by atoms with van der Waals surface area (Å²) in [4.78, 5) is 3.65. The Balaban J connectivity index is 1.43. The number of thioether (sulfide) groups is 1. The summed E-state index contributed by atoms with van der Waals surface area (Å²) in [5, 5.41) is 0.477. The first-order valence-corrected chi connectivity index (χ1v) is 10.2. The van der Waals surface area contributed by atoms with Crippen molar-refractivity contribution in [1.29, 1.82) is 0 Å². The highest BCUT2D eigenvalue weighted by molar-refractivity contribution is 8.00. The second-order valence-corrected chi connectivity index (χ2v) is 8.23. The van der Waals surface area contributed by atoms with Gasteiger partial charge in [0.2, 0.25) is 0 Å². The molecule has 0 saturated heterocycles. The van der Waals surface area contributed by atoms with Gasteiger partial charge in [-0.25, -0.2) is 0 Å². The Morgan fingerprint density at radius 1 is 0.778 bits per heavy atom. The Morgan fingerprint density at radius 2 is 1.48 bits per heavy atom. The van der Waals surface area contributed by atoms with Crippen LogP contribution in [0, 0.1) is 0 Å². The number of fused-ring (bicyclic) bond motifs is 3. The second kappa shape index (κ2) is 6.79. The van der Waals surface area contributed by atoms with Crippen molar-refractivity contribution < 1.29 is 0 Å². The van der Waals surface area contributed by atoms with Crippen molar-refractivity contribution in [2.24, 2.45) is 0 Å². The molecule has 0 fully saturated rings. The molecule has 0 bridgehead atoms. The first-order valence-electron chi connectivity index (χ1n) is 9.34. The van der Waals surface area contributed by atoms with E-state index in [9.17, 15) is 0 Å². The van der Waals surface area contributed by atoms with Gasteiger partial charge in [-0.15, -0.1) is 11.8 Å². The SMILES string of the molecule is CN(c1ccccc1)c1ccc(C2=CC=CC3c4ccccc4SC23)cc1. The van der Waals surface area contributed by atoms with Crippen molar-refractivity contribution in [2.45, 2.75) is 16.1 Å².